The summed E-state index contributed by atoms with van der Waals surface area (Å²) in [7, 11) is 3.24. The van der Waals surface area contributed by atoms with E-state index >= 15 is 0 Å². The van der Waals surface area contributed by atoms with Gasteiger partial charge in [-0.05, 0) is 7.05 Å². The number of anilines is 1. The van der Waals surface area contributed by atoms with Crippen LogP contribution in [0.5, 0.6) is 11.5 Å². The SMILES string of the molecule is COCCNC(=O)CN(C)CC(=O)Nc1cc2c(cc1Cl)OCO2. The number of benzene rings is 1. The van der Waals surface area contributed by atoms with Crippen LogP contribution in [0.15, 0.2) is 12.1 Å². The van der Waals surface area contributed by atoms with E-state index in [0.29, 0.717) is 35.4 Å². The zero-order valence-corrected chi connectivity index (χ0v) is 14.3. The topological polar surface area (TPSA) is 89.1 Å². The van der Waals surface area contributed by atoms with Crippen molar-refractivity contribution in [1.82, 2.24) is 10.2 Å². The van der Waals surface area contributed by atoms with Crippen LogP contribution in [0.2, 0.25) is 5.02 Å². The number of methoxy groups -OCH3 is 1. The molecule has 1 aliphatic heterocycles. The number of hydrogen-bond donors (Lipinski definition) is 2. The summed E-state index contributed by atoms with van der Waals surface area (Å²) in [6, 6.07) is 3.20. The summed E-state index contributed by atoms with van der Waals surface area (Å²) in [5.74, 6) is 0.606. The van der Waals surface area contributed by atoms with E-state index in [1.165, 1.54) is 0 Å². The Hall–Kier alpha value is -2.03. The molecule has 0 saturated heterocycles. The van der Waals surface area contributed by atoms with Crippen LogP contribution >= 0.6 is 11.6 Å². The van der Waals surface area contributed by atoms with Crippen molar-refractivity contribution in [3.8, 4) is 11.5 Å². The van der Waals surface area contributed by atoms with Gasteiger partial charge in [-0.3, -0.25) is 14.5 Å². The van der Waals surface area contributed by atoms with E-state index in [2.05, 4.69) is 10.6 Å². The Morgan fingerprint density at radius 1 is 1.25 bits per heavy atom. The monoisotopic (exact) mass is 357 g/mol. The molecule has 1 aliphatic rings. The molecule has 0 aromatic heterocycles. The Balaban J connectivity index is 1.81. The molecule has 132 valence electrons. The van der Waals surface area contributed by atoms with Crippen molar-refractivity contribution < 1.29 is 23.8 Å². The van der Waals surface area contributed by atoms with Crippen LogP contribution < -0.4 is 20.1 Å². The summed E-state index contributed by atoms with van der Waals surface area (Å²) < 4.78 is 15.3. The van der Waals surface area contributed by atoms with Gasteiger partial charge in [-0.15, -0.1) is 0 Å². The van der Waals surface area contributed by atoms with E-state index in [1.54, 1.807) is 31.2 Å². The minimum atomic E-state index is -0.289. The third kappa shape index (κ3) is 5.26. The van der Waals surface area contributed by atoms with Crippen molar-refractivity contribution in [2.45, 2.75) is 0 Å². The highest BCUT2D eigenvalue weighted by Crippen LogP contribution is 2.39. The molecule has 1 heterocycles. The van der Waals surface area contributed by atoms with Gasteiger partial charge in [0.1, 0.15) is 0 Å². The van der Waals surface area contributed by atoms with E-state index in [-0.39, 0.29) is 31.7 Å². The molecule has 1 aromatic carbocycles. The van der Waals surface area contributed by atoms with Gasteiger partial charge in [0, 0.05) is 25.8 Å². The number of halogens is 1. The number of rotatable bonds is 8. The predicted octanol–water partition coefficient (Wildman–Crippen LogP) is 0.702. The highest BCUT2D eigenvalue weighted by atomic mass is 35.5. The van der Waals surface area contributed by atoms with Gasteiger partial charge in [-0.25, -0.2) is 0 Å². The molecule has 2 N–H and O–H groups in total. The van der Waals surface area contributed by atoms with Gasteiger partial charge in [-0.2, -0.15) is 0 Å². The molecule has 8 nitrogen and oxygen atoms in total. The number of amides is 2. The smallest absolute Gasteiger partial charge is 0.238 e. The quantitative estimate of drug-likeness (QED) is 0.666. The number of ether oxygens (including phenoxy) is 3. The second-order valence-corrected chi connectivity index (χ2v) is 5.66. The Kier molecular flexibility index (Phi) is 6.65. The molecular weight excluding hydrogens is 338 g/mol. The van der Waals surface area contributed by atoms with E-state index in [9.17, 15) is 9.59 Å². The van der Waals surface area contributed by atoms with Gasteiger partial charge in [0.05, 0.1) is 30.4 Å². The molecule has 2 rings (SSSR count). The second-order valence-electron chi connectivity index (χ2n) is 5.25. The largest absolute Gasteiger partial charge is 0.454 e. The first-order chi connectivity index (χ1) is 11.5. The standard InChI is InChI=1S/C15H20ClN3O5/c1-19(7-14(20)17-3-4-22-2)8-15(21)18-11-6-13-12(5-10(11)16)23-9-24-13/h5-6H,3-4,7-9H2,1-2H3,(H,17,20)(H,18,21). The van der Waals surface area contributed by atoms with E-state index in [0.717, 1.165) is 0 Å². The van der Waals surface area contributed by atoms with Crippen LogP contribution in [0, 0.1) is 0 Å². The van der Waals surface area contributed by atoms with E-state index in [4.69, 9.17) is 25.8 Å². The van der Waals surface area contributed by atoms with Gasteiger partial charge in [0.25, 0.3) is 0 Å². The predicted molar refractivity (Wildman–Crippen MR) is 88.6 cm³/mol. The van der Waals surface area contributed by atoms with Gasteiger partial charge in [-0.1, -0.05) is 11.6 Å². The third-order valence-electron chi connectivity index (χ3n) is 3.19. The summed E-state index contributed by atoms with van der Waals surface area (Å²) in [5.41, 5.74) is 0.434. The molecule has 0 saturated carbocycles. The van der Waals surface area contributed by atoms with Crippen molar-refractivity contribution in [1.29, 1.82) is 0 Å². The lowest BCUT2D eigenvalue weighted by Crippen LogP contribution is -2.39. The van der Waals surface area contributed by atoms with Gasteiger partial charge < -0.3 is 24.8 Å². The van der Waals surface area contributed by atoms with Crippen LogP contribution in [0.3, 0.4) is 0 Å². The number of hydrogen-bond acceptors (Lipinski definition) is 6. The maximum Gasteiger partial charge on any atom is 0.238 e. The number of nitrogens with zero attached hydrogens (tertiary/aromatic N) is 1. The summed E-state index contributed by atoms with van der Waals surface area (Å²) in [4.78, 5) is 25.3. The molecule has 2 amide bonds. The van der Waals surface area contributed by atoms with Crippen LogP contribution in [-0.4, -0.2) is 63.9 Å². The molecule has 0 spiro atoms. The lowest BCUT2D eigenvalue weighted by Gasteiger charge is -2.16. The first kappa shape index (κ1) is 18.3. The first-order valence-electron chi connectivity index (χ1n) is 7.32. The average Bonchev–Trinajstić information content (AvgIpc) is 2.94. The lowest BCUT2D eigenvalue weighted by molar-refractivity contribution is -0.123. The van der Waals surface area contributed by atoms with Crippen LogP contribution in [0.4, 0.5) is 5.69 Å². The maximum atomic E-state index is 12.1. The van der Waals surface area contributed by atoms with Crippen molar-refractivity contribution >= 4 is 29.1 Å². The number of likely N-dealkylation sites (N-methyl/N-ethyl adjacent to an activating group) is 1. The summed E-state index contributed by atoms with van der Waals surface area (Å²) in [6.07, 6.45) is 0. The third-order valence-corrected chi connectivity index (χ3v) is 3.50. The fraction of sp³-hybridized carbons (Fsp3) is 0.467. The molecule has 0 radical (unpaired) electrons. The fourth-order valence-electron chi connectivity index (χ4n) is 2.10. The summed E-state index contributed by atoms with van der Waals surface area (Å²) >= 11 is 6.10. The number of fused-ring (bicyclic) bond motifs is 1. The summed E-state index contributed by atoms with van der Waals surface area (Å²) in [5, 5.41) is 5.74. The normalized spacial score (nSPS) is 12.3. The Morgan fingerprint density at radius 3 is 2.62 bits per heavy atom. The lowest BCUT2D eigenvalue weighted by atomic mass is 10.2. The Labute approximate surface area is 145 Å². The number of carbonyl (C=O) groups is 2. The van der Waals surface area contributed by atoms with Crippen LogP contribution in [-0.2, 0) is 14.3 Å². The van der Waals surface area contributed by atoms with Crippen molar-refractivity contribution in [3.05, 3.63) is 17.2 Å². The minimum Gasteiger partial charge on any atom is -0.454 e. The number of carbonyl (C=O) groups excluding carboxylic acids is 2. The Morgan fingerprint density at radius 2 is 1.92 bits per heavy atom. The molecule has 0 bridgehead atoms. The molecule has 1 aromatic rings. The van der Waals surface area contributed by atoms with Crippen LogP contribution in [0.1, 0.15) is 0 Å². The van der Waals surface area contributed by atoms with Gasteiger partial charge in [0.2, 0.25) is 18.6 Å². The van der Waals surface area contributed by atoms with Crippen LogP contribution in [0.25, 0.3) is 0 Å². The van der Waals surface area contributed by atoms with Crippen molar-refractivity contribution in [2.75, 3.05) is 52.5 Å². The molecule has 24 heavy (non-hydrogen) atoms. The molecule has 9 heteroatoms. The molecule has 0 aliphatic carbocycles. The van der Waals surface area contributed by atoms with Crippen molar-refractivity contribution in [2.24, 2.45) is 0 Å². The second kappa shape index (κ2) is 8.72. The van der Waals surface area contributed by atoms with Gasteiger partial charge >= 0.3 is 0 Å². The first-order valence-corrected chi connectivity index (χ1v) is 7.70. The molecule has 0 fully saturated rings. The zero-order chi connectivity index (χ0) is 17.5. The molecule has 0 unspecified atom stereocenters. The fourth-order valence-corrected chi connectivity index (χ4v) is 2.30. The average molecular weight is 358 g/mol. The zero-order valence-electron chi connectivity index (χ0n) is 13.6. The number of nitrogens with one attached hydrogen (secondary N) is 2. The highest BCUT2D eigenvalue weighted by molar-refractivity contribution is 6.34. The van der Waals surface area contributed by atoms with Crippen molar-refractivity contribution in [3.63, 3.8) is 0 Å². The summed E-state index contributed by atoms with van der Waals surface area (Å²) in [6.45, 7) is 1.15. The Bertz CT molecular complexity index is 611. The highest BCUT2D eigenvalue weighted by Gasteiger charge is 2.18. The minimum absolute atomic E-state index is 0.0441. The van der Waals surface area contributed by atoms with E-state index < -0.39 is 0 Å². The van der Waals surface area contributed by atoms with E-state index in [1.807, 2.05) is 0 Å². The molecular formula is C15H20ClN3O5. The van der Waals surface area contributed by atoms with Gasteiger partial charge in [0.15, 0.2) is 11.5 Å². The molecule has 0 atom stereocenters. The maximum absolute atomic E-state index is 12.1.